The number of carbonyl (C=O) groups excluding carboxylic acids is 2. The van der Waals surface area contributed by atoms with E-state index in [9.17, 15) is 9.59 Å². The molecule has 6 heteroatoms. The molecule has 130 valence electrons. The Labute approximate surface area is 142 Å². The highest BCUT2D eigenvalue weighted by molar-refractivity contribution is 6.00. The van der Waals surface area contributed by atoms with Crippen molar-refractivity contribution in [1.82, 2.24) is 10.2 Å². The van der Waals surface area contributed by atoms with E-state index in [0.717, 1.165) is 12.2 Å². The van der Waals surface area contributed by atoms with Crippen LogP contribution in [-0.4, -0.2) is 56.5 Å². The van der Waals surface area contributed by atoms with Crippen LogP contribution in [0.25, 0.3) is 0 Å². The lowest BCUT2D eigenvalue weighted by Gasteiger charge is -2.18. The summed E-state index contributed by atoms with van der Waals surface area (Å²) < 4.78 is 5.20. The third kappa shape index (κ3) is 3.87. The predicted molar refractivity (Wildman–Crippen MR) is 92.1 cm³/mol. The van der Waals surface area contributed by atoms with E-state index >= 15 is 0 Å². The molecular weight excluding hydrogens is 306 g/mol. The number of anilines is 1. The van der Waals surface area contributed by atoms with Gasteiger partial charge in [-0.15, -0.1) is 0 Å². The summed E-state index contributed by atoms with van der Waals surface area (Å²) >= 11 is 0. The summed E-state index contributed by atoms with van der Waals surface area (Å²) in [6.07, 6.45) is 2.79. The summed E-state index contributed by atoms with van der Waals surface area (Å²) in [5.74, 6) is 0.377. The number of methoxy groups -OCH3 is 1. The summed E-state index contributed by atoms with van der Waals surface area (Å²) in [4.78, 5) is 28.5. The molecule has 1 unspecified atom stereocenters. The maximum Gasteiger partial charge on any atom is 0.227 e. The van der Waals surface area contributed by atoms with Gasteiger partial charge in [0.05, 0.1) is 13.0 Å². The summed E-state index contributed by atoms with van der Waals surface area (Å²) in [6.45, 7) is 1.92. The molecule has 1 aromatic rings. The van der Waals surface area contributed by atoms with Crippen LogP contribution in [0.4, 0.5) is 5.69 Å². The van der Waals surface area contributed by atoms with E-state index in [4.69, 9.17) is 4.74 Å². The van der Waals surface area contributed by atoms with Crippen molar-refractivity contribution in [3.05, 3.63) is 24.3 Å². The summed E-state index contributed by atoms with van der Waals surface area (Å²) in [6, 6.07) is 8.07. The SMILES string of the molecule is COc1cccc(N2CC(C(=O)NCCN(C)C3CC3)CC2=O)c1. The molecule has 2 amide bonds. The van der Waals surface area contributed by atoms with Crippen LogP contribution < -0.4 is 15.0 Å². The second-order valence-corrected chi connectivity index (χ2v) is 6.61. The monoisotopic (exact) mass is 331 g/mol. The van der Waals surface area contributed by atoms with E-state index < -0.39 is 0 Å². The first-order valence-electron chi connectivity index (χ1n) is 8.51. The molecule has 3 rings (SSSR count). The molecule has 2 aliphatic rings. The molecular formula is C18H25N3O3. The van der Waals surface area contributed by atoms with Crippen molar-refractivity contribution >= 4 is 17.5 Å². The Hall–Kier alpha value is -2.08. The second kappa shape index (κ2) is 7.21. The Kier molecular flexibility index (Phi) is 5.04. The normalized spacial score (nSPS) is 20.5. The van der Waals surface area contributed by atoms with E-state index in [1.54, 1.807) is 12.0 Å². The Morgan fingerprint density at radius 3 is 2.92 bits per heavy atom. The van der Waals surface area contributed by atoms with Gasteiger partial charge in [0, 0.05) is 43.9 Å². The van der Waals surface area contributed by atoms with Crippen molar-refractivity contribution < 1.29 is 14.3 Å². The molecule has 1 aliphatic heterocycles. The number of amides is 2. The molecule has 0 radical (unpaired) electrons. The third-order valence-electron chi connectivity index (χ3n) is 4.79. The minimum absolute atomic E-state index is 0.0153. The van der Waals surface area contributed by atoms with Crippen LogP contribution in [0, 0.1) is 5.92 Å². The van der Waals surface area contributed by atoms with Gasteiger partial charge in [0.25, 0.3) is 0 Å². The van der Waals surface area contributed by atoms with Gasteiger partial charge in [-0.05, 0) is 32.0 Å². The fourth-order valence-corrected chi connectivity index (χ4v) is 3.11. The topological polar surface area (TPSA) is 61.9 Å². The van der Waals surface area contributed by atoms with Crippen molar-refractivity contribution in [1.29, 1.82) is 0 Å². The molecule has 1 atom stereocenters. The highest BCUT2D eigenvalue weighted by Crippen LogP contribution is 2.28. The van der Waals surface area contributed by atoms with Crippen molar-refractivity contribution in [3.63, 3.8) is 0 Å². The molecule has 0 spiro atoms. The molecule has 2 fully saturated rings. The lowest BCUT2D eigenvalue weighted by Crippen LogP contribution is -2.38. The number of likely N-dealkylation sites (N-methyl/N-ethyl adjacent to an activating group) is 1. The molecule has 0 bridgehead atoms. The van der Waals surface area contributed by atoms with Gasteiger partial charge in [0.1, 0.15) is 5.75 Å². The van der Waals surface area contributed by atoms with Gasteiger partial charge in [-0.1, -0.05) is 6.07 Å². The fourth-order valence-electron chi connectivity index (χ4n) is 3.11. The Bertz CT molecular complexity index is 615. The molecule has 0 aromatic heterocycles. The highest BCUT2D eigenvalue weighted by atomic mass is 16.5. The predicted octanol–water partition coefficient (Wildman–Crippen LogP) is 1.26. The van der Waals surface area contributed by atoms with Gasteiger partial charge >= 0.3 is 0 Å². The summed E-state index contributed by atoms with van der Waals surface area (Å²) in [5, 5.41) is 2.97. The lowest BCUT2D eigenvalue weighted by molar-refractivity contribution is -0.126. The standard InChI is InChI=1S/C18H25N3O3/c1-20(14-6-7-14)9-8-19-18(23)13-10-17(22)21(12-13)15-4-3-5-16(11-15)24-2/h3-5,11,13-14H,6-10,12H2,1-2H3,(H,19,23). The summed E-state index contributed by atoms with van der Waals surface area (Å²) in [5.41, 5.74) is 0.781. The quantitative estimate of drug-likeness (QED) is 0.817. The van der Waals surface area contributed by atoms with Gasteiger partial charge in [0.15, 0.2) is 0 Å². The number of benzene rings is 1. The number of nitrogens with one attached hydrogen (secondary N) is 1. The molecule has 1 heterocycles. The zero-order valence-electron chi connectivity index (χ0n) is 14.3. The van der Waals surface area contributed by atoms with Crippen molar-refractivity contribution in [2.45, 2.75) is 25.3 Å². The maximum absolute atomic E-state index is 12.3. The van der Waals surface area contributed by atoms with Gasteiger partial charge in [-0.25, -0.2) is 0 Å². The van der Waals surface area contributed by atoms with E-state index in [2.05, 4.69) is 17.3 Å². The average molecular weight is 331 g/mol. The smallest absolute Gasteiger partial charge is 0.227 e. The number of rotatable bonds is 7. The van der Waals surface area contributed by atoms with Crippen LogP contribution >= 0.6 is 0 Å². The fraction of sp³-hybridized carbons (Fsp3) is 0.556. The van der Waals surface area contributed by atoms with Gasteiger partial charge in [-0.3, -0.25) is 9.59 Å². The maximum atomic E-state index is 12.3. The molecule has 6 nitrogen and oxygen atoms in total. The first kappa shape index (κ1) is 16.8. The number of ether oxygens (including phenoxy) is 1. The minimum atomic E-state index is -0.282. The Morgan fingerprint density at radius 1 is 1.42 bits per heavy atom. The molecule has 1 N–H and O–H groups in total. The number of hydrogen-bond donors (Lipinski definition) is 1. The van der Waals surface area contributed by atoms with Gasteiger partial charge < -0.3 is 19.9 Å². The van der Waals surface area contributed by atoms with Crippen molar-refractivity contribution in [3.8, 4) is 5.75 Å². The first-order valence-corrected chi connectivity index (χ1v) is 8.51. The number of carbonyl (C=O) groups is 2. The van der Waals surface area contributed by atoms with Crippen LogP contribution in [0.2, 0.25) is 0 Å². The van der Waals surface area contributed by atoms with Gasteiger partial charge in [0.2, 0.25) is 11.8 Å². The van der Waals surface area contributed by atoms with Crippen LogP contribution in [0.1, 0.15) is 19.3 Å². The highest BCUT2D eigenvalue weighted by Gasteiger charge is 2.35. The van der Waals surface area contributed by atoms with Crippen molar-refractivity contribution in [2.75, 3.05) is 38.7 Å². The molecule has 1 saturated heterocycles. The third-order valence-corrected chi connectivity index (χ3v) is 4.79. The largest absolute Gasteiger partial charge is 0.497 e. The molecule has 1 saturated carbocycles. The Morgan fingerprint density at radius 2 is 2.21 bits per heavy atom. The van der Waals surface area contributed by atoms with Crippen molar-refractivity contribution in [2.24, 2.45) is 5.92 Å². The minimum Gasteiger partial charge on any atom is -0.497 e. The zero-order valence-corrected chi connectivity index (χ0v) is 14.3. The van der Waals surface area contributed by atoms with E-state index in [0.29, 0.717) is 24.9 Å². The van der Waals surface area contributed by atoms with E-state index in [1.165, 1.54) is 12.8 Å². The second-order valence-electron chi connectivity index (χ2n) is 6.61. The number of hydrogen-bond acceptors (Lipinski definition) is 4. The molecule has 1 aromatic carbocycles. The van der Waals surface area contributed by atoms with Gasteiger partial charge in [-0.2, -0.15) is 0 Å². The number of nitrogens with zero attached hydrogens (tertiary/aromatic N) is 2. The zero-order chi connectivity index (χ0) is 17.1. The summed E-state index contributed by atoms with van der Waals surface area (Å²) in [7, 11) is 3.69. The van der Waals surface area contributed by atoms with Crippen LogP contribution in [0.5, 0.6) is 5.75 Å². The average Bonchev–Trinajstić information content (AvgIpc) is 3.37. The lowest BCUT2D eigenvalue weighted by atomic mass is 10.1. The molecule has 1 aliphatic carbocycles. The molecule has 24 heavy (non-hydrogen) atoms. The van der Waals surface area contributed by atoms with E-state index in [-0.39, 0.29) is 24.2 Å². The van der Waals surface area contributed by atoms with Crippen LogP contribution in [0.15, 0.2) is 24.3 Å². The van der Waals surface area contributed by atoms with E-state index in [1.807, 2.05) is 24.3 Å². The first-order chi connectivity index (χ1) is 11.6. The Balaban J connectivity index is 1.52. The van der Waals surface area contributed by atoms with Crippen LogP contribution in [0.3, 0.4) is 0 Å². The van der Waals surface area contributed by atoms with Crippen LogP contribution in [-0.2, 0) is 9.59 Å².